The molecule has 0 bridgehead atoms. The number of rotatable bonds is 7. The fourth-order valence-electron chi connectivity index (χ4n) is 1.60. The van der Waals surface area contributed by atoms with Crippen LogP contribution >= 0.6 is 0 Å². The van der Waals surface area contributed by atoms with Crippen molar-refractivity contribution in [2.75, 3.05) is 18.4 Å². The zero-order chi connectivity index (χ0) is 14.2. The molecule has 20 heavy (non-hydrogen) atoms. The average Bonchev–Trinajstić information content (AvgIpc) is 2.99. The molecular weight excluding hydrogens is 256 g/mol. The maximum absolute atomic E-state index is 11.8. The van der Waals surface area contributed by atoms with Crippen molar-refractivity contribution < 1.29 is 4.79 Å². The van der Waals surface area contributed by atoms with Gasteiger partial charge >= 0.3 is 0 Å². The van der Waals surface area contributed by atoms with Crippen LogP contribution in [-0.4, -0.2) is 38.7 Å². The lowest BCUT2D eigenvalue weighted by molar-refractivity contribution is 0.0946. The van der Waals surface area contributed by atoms with Crippen LogP contribution in [0.15, 0.2) is 30.9 Å². The number of hydrogen-bond donors (Lipinski definition) is 2. The van der Waals surface area contributed by atoms with Crippen LogP contribution in [0.1, 0.15) is 23.8 Å². The van der Waals surface area contributed by atoms with Crippen LogP contribution in [0.3, 0.4) is 0 Å². The Labute approximate surface area is 117 Å². The van der Waals surface area contributed by atoms with Gasteiger partial charge in [-0.1, -0.05) is 6.92 Å². The van der Waals surface area contributed by atoms with Gasteiger partial charge in [-0.05, 0) is 12.5 Å². The molecule has 0 aliphatic rings. The highest BCUT2D eigenvalue weighted by molar-refractivity contribution is 5.91. The van der Waals surface area contributed by atoms with Gasteiger partial charge in [0, 0.05) is 25.5 Å². The maximum atomic E-state index is 11.8. The van der Waals surface area contributed by atoms with Crippen molar-refractivity contribution in [2.24, 2.45) is 0 Å². The van der Waals surface area contributed by atoms with E-state index in [-0.39, 0.29) is 5.91 Å². The molecule has 0 aromatic carbocycles. The number of carbonyl (C=O) groups is 1. The average molecular weight is 274 g/mol. The van der Waals surface area contributed by atoms with E-state index in [1.807, 2.05) is 12.3 Å². The number of carbonyl (C=O) groups excluding carboxylic acids is 1. The van der Waals surface area contributed by atoms with Gasteiger partial charge in [-0.25, -0.2) is 9.97 Å². The van der Waals surface area contributed by atoms with E-state index in [0.29, 0.717) is 24.6 Å². The molecule has 0 unspecified atom stereocenters. The molecule has 2 rings (SSSR count). The molecule has 2 aromatic rings. The van der Waals surface area contributed by atoms with Crippen molar-refractivity contribution in [2.45, 2.75) is 19.9 Å². The maximum Gasteiger partial charge on any atom is 0.271 e. The summed E-state index contributed by atoms with van der Waals surface area (Å²) in [5.74, 6) is 0.451. The highest BCUT2D eigenvalue weighted by atomic mass is 16.1. The van der Waals surface area contributed by atoms with Crippen molar-refractivity contribution >= 4 is 11.7 Å². The number of anilines is 1. The third-order valence-electron chi connectivity index (χ3n) is 2.63. The molecule has 106 valence electrons. The lowest BCUT2D eigenvalue weighted by Crippen LogP contribution is -2.28. The Kier molecular flexibility index (Phi) is 5.05. The highest BCUT2D eigenvalue weighted by Gasteiger charge is 2.07. The zero-order valence-electron chi connectivity index (χ0n) is 11.4. The first-order chi connectivity index (χ1) is 9.79. The summed E-state index contributed by atoms with van der Waals surface area (Å²) >= 11 is 0. The van der Waals surface area contributed by atoms with E-state index in [2.05, 4.69) is 32.6 Å². The lowest BCUT2D eigenvalue weighted by Gasteiger charge is -2.06. The molecule has 0 fully saturated rings. The van der Waals surface area contributed by atoms with Gasteiger partial charge in [-0.3, -0.25) is 9.48 Å². The highest BCUT2D eigenvalue weighted by Crippen LogP contribution is 2.01. The molecule has 0 aliphatic heterocycles. The van der Waals surface area contributed by atoms with Crippen molar-refractivity contribution in [3.8, 4) is 0 Å². The molecule has 2 heterocycles. The Morgan fingerprint density at radius 3 is 2.85 bits per heavy atom. The largest absolute Gasteiger partial charge is 0.369 e. The topological polar surface area (TPSA) is 84.7 Å². The van der Waals surface area contributed by atoms with E-state index in [1.165, 1.54) is 6.20 Å². The molecule has 0 aliphatic carbocycles. The zero-order valence-corrected chi connectivity index (χ0v) is 11.4. The van der Waals surface area contributed by atoms with Gasteiger partial charge in [0.25, 0.3) is 5.91 Å². The number of hydrogen-bond acceptors (Lipinski definition) is 5. The molecule has 0 saturated carbocycles. The summed E-state index contributed by atoms with van der Waals surface area (Å²) in [5.41, 5.74) is 0.313. The normalized spacial score (nSPS) is 10.2. The molecule has 0 radical (unpaired) electrons. The molecular formula is C13H18N6O. The third kappa shape index (κ3) is 4.04. The van der Waals surface area contributed by atoms with Crippen LogP contribution in [-0.2, 0) is 6.54 Å². The van der Waals surface area contributed by atoms with Gasteiger partial charge in [0.1, 0.15) is 11.5 Å². The van der Waals surface area contributed by atoms with Gasteiger partial charge in [-0.15, -0.1) is 0 Å². The fraction of sp³-hybridized carbons (Fsp3) is 0.385. The van der Waals surface area contributed by atoms with E-state index in [9.17, 15) is 4.79 Å². The second-order valence-corrected chi connectivity index (χ2v) is 4.24. The second kappa shape index (κ2) is 7.22. The van der Waals surface area contributed by atoms with E-state index in [4.69, 9.17) is 0 Å². The molecule has 0 spiro atoms. The summed E-state index contributed by atoms with van der Waals surface area (Å²) in [5, 5.41) is 9.94. The van der Waals surface area contributed by atoms with E-state index >= 15 is 0 Å². The van der Waals surface area contributed by atoms with Gasteiger partial charge in [0.15, 0.2) is 0 Å². The molecule has 0 saturated heterocycles. The Hall–Kier alpha value is -2.44. The SMILES string of the molecule is CCCNc1cnc(C(=O)NCCn2cccn2)cn1. The van der Waals surface area contributed by atoms with Gasteiger partial charge in [-0.2, -0.15) is 5.10 Å². The van der Waals surface area contributed by atoms with E-state index in [0.717, 1.165) is 13.0 Å². The van der Waals surface area contributed by atoms with Crippen LogP contribution in [0, 0.1) is 0 Å². The first kappa shape index (κ1) is 14.0. The van der Waals surface area contributed by atoms with Crippen LogP contribution in [0.5, 0.6) is 0 Å². The summed E-state index contributed by atoms with van der Waals surface area (Å²) in [7, 11) is 0. The molecule has 7 nitrogen and oxygen atoms in total. The number of nitrogens with one attached hydrogen (secondary N) is 2. The van der Waals surface area contributed by atoms with Crippen molar-refractivity contribution in [1.29, 1.82) is 0 Å². The number of nitrogens with zero attached hydrogens (tertiary/aromatic N) is 4. The summed E-state index contributed by atoms with van der Waals surface area (Å²) in [6.45, 7) is 4.03. The Morgan fingerprint density at radius 1 is 1.30 bits per heavy atom. The van der Waals surface area contributed by atoms with Crippen molar-refractivity contribution in [3.63, 3.8) is 0 Å². The van der Waals surface area contributed by atoms with Crippen molar-refractivity contribution in [3.05, 3.63) is 36.5 Å². The molecule has 7 heteroatoms. The summed E-state index contributed by atoms with van der Waals surface area (Å²) < 4.78 is 1.75. The fourth-order valence-corrected chi connectivity index (χ4v) is 1.60. The van der Waals surface area contributed by atoms with Crippen LogP contribution in [0.25, 0.3) is 0 Å². The first-order valence-corrected chi connectivity index (χ1v) is 6.61. The predicted molar refractivity (Wildman–Crippen MR) is 75.4 cm³/mol. The third-order valence-corrected chi connectivity index (χ3v) is 2.63. The summed E-state index contributed by atoms with van der Waals surface area (Å²) in [4.78, 5) is 20.1. The molecule has 2 N–H and O–H groups in total. The smallest absolute Gasteiger partial charge is 0.271 e. The second-order valence-electron chi connectivity index (χ2n) is 4.24. The minimum Gasteiger partial charge on any atom is -0.369 e. The number of aromatic nitrogens is 4. The Bertz CT molecular complexity index is 522. The van der Waals surface area contributed by atoms with Gasteiger partial charge < -0.3 is 10.6 Å². The monoisotopic (exact) mass is 274 g/mol. The minimum absolute atomic E-state index is 0.230. The lowest BCUT2D eigenvalue weighted by atomic mass is 10.4. The quantitative estimate of drug-likeness (QED) is 0.784. The van der Waals surface area contributed by atoms with Crippen LogP contribution in [0.4, 0.5) is 5.82 Å². The number of amides is 1. The first-order valence-electron chi connectivity index (χ1n) is 6.61. The molecule has 1 amide bonds. The van der Waals surface area contributed by atoms with Crippen LogP contribution in [0.2, 0.25) is 0 Å². The summed E-state index contributed by atoms with van der Waals surface area (Å²) in [6.07, 6.45) is 7.60. The van der Waals surface area contributed by atoms with Crippen LogP contribution < -0.4 is 10.6 Å². The van der Waals surface area contributed by atoms with Gasteiger partial charge in [0.2, 0.25) is 0 Å². The molecule has 0 atom stereocenters. The van der Waals surface area contributed by atoms with E-state index in [1.54, 1.807) is 17.1 Å². The molecule has 2 aromatic heterocycles. The standard InChI is InChI=1S/C13H18N6O/c1-2-4-14-12-10-16-11(9-17-12)13(20)15-6-8-19-7-3-5-18-19/h3,5,7,9-10H,2,4,6,8H2,1H3,(H,14,17)(H,15,20). The minimum atomic E-state index is -0.230. The Morgan fingerprint density at radius 2 is 2.20 bits per heavy atom. The van der Waals surface area contributed by atoms with Gasteiger partial charge in [0.05, 0.1) is 18.9 Å². The van der Waals surface area contributed by atoms with E-state index < -0.39 is 0 Å². The summed E-state index contributed by atoms with van der Waals surface area (Å²) in [6, 6.07) is 1.84. The Balaban J connectivity index is 1.79. The van der Waals surface area contributed by atoms with Crippen molar-refractivity contribution in [1.82, 2.24) is 25.1 Å². The predicted octanol–water partition coefficient (Wildman–Crippen LogP) is 0.925.